The van der Waals surface area contributed by atoms with Crippen molar-refractivity contribution in [3.63, 3.8) is 0 Å². The summed E-state index contributed by atoms with van der Waals surface area (Å²) in [6.45, 7) is 1.99. The predicted molar refractivity (Wildman–Crippen MR) is 37.5 cm³/mol. The first-order valence-electron chi connectivity index (χ1n) is 2.82. The van der Waals surface area contributed by atoms with Gasteiger partial charge in [0.15, 0.2) is 0 Å². The van der Waals surface area contributed by atoms with Crippen molar-refractivity contribution in [1.82, 2.24) is 4.90 Å². The zero-order valence-electron chi connectivity index (χ0n) is 5.17. The van der Waals surface area contributed by atoms with Crippen LogP contribution < -0.4 is 5.73 Å². The molecule has 0 radical (unpaired) electrons. The van der Waals surface area contributed by atoms with E-state index in [-0.39, 0.29) is 24.9 Å². The Morgan fingerprint density at radius 1 is 1.56 bits per heavy atom. The smallest absolute Gasteiger partial charge is 0.236 e. The second kappa shape index (κ2) is 3.69. The van der Waals surface area contributed by atoms with E-state index in [4.69, 9.17) is 5.73 Å². The molecule has 0 atom stereocenters. The van der Waals surface area contributed by atoms with E-state index >= 15 is 0 Å². The maximum absolute atomic E-state index is 10.6. The van der Waals surface area contributed by atoms with Crippen LogP contribution in [0, 0.1) is 0 Å². The number of amides is 1. The number of carbonyl (C=O) groups excluding carboxylic acids is 1. The Morgan fingerprint density at radius 3 is 2.22 bits per heavy atom. The molecule has 0 saturated carbocycles. The second-order valence-electron chi connectivity index (χ2n) is 1.94. The summed E-state index contributed by atoms with van der Waals surface area (Å²) >= 11 is 0. The van der Waals surface area contributed by atoms with Crippen LogP contribution in [-0.4, -0.2) is 30.4 Å². The number of likely N-dealkylation sites (tertiary alicyclic amines) is 1. The van der Waals surface area contributed by atoms with Crippen LogP contribution in [0.1, 0.15) is 6.42 Å². The van der Waals surface area contributed by atoms with Gasteiger partial charge in [0.2, 0.25) is 5.91 Å². The minimum atomic E-state index is 0. The summed E-state index contributed by atoms with van der Waals surface area (Å²) in [5.41, 5.74) is 5.09. The minimum absolute atomic E-state index is 0. The fraction of sp³-hybridized carbons (Fsp3) is 0.800. The van der Waals surface area contributed by atoms with Crippen LogP contribution in [0.15, 0.2) is 0 Å². The maximum Gasteiger partial charge on any atom is 0.236 e. The van der Waals surface area contributed by atoms with Gasteiger partial charge in [0.25, 0.3) is 0 Å². The second-order valence-corrected chi connectivity index (χ2v) is 1.94. The topological polar surface area (TPSA) is 46.3 Å². The molecule has 1 rings (SSSR count). The Labute approximate surface area is 60.6 Å². The van der Waals surface area contributed by atoms with Gasteiger partial charge in [-0.05, 0) is 6.42 Å². The summed E-state index contributed by atoms with van der Waals surface area (Å²) in [7, 11) is 0. The van der Waals surface area contributed by atoms with Crippen molar-refractivity contribution in [3.8, 4) is 0 Å². The summed E-state index contributed by atoms with van der Waals surface area (Å²) in [5, 5.41) is 0. The summed E-state index contributed by atoms with van der Waals surface area (Å²) in [4.78, 5) is 12.4. The van der Waals surface area contributed by atoms with E-state index in [1.165, 1.54) is 0 Å². The molecule has 3 nitrogen and oxygen atoms in total. The van der Waals surface area contributed by atoms with Gasteiger partial charge >= 0.3 is 0 Å². The number of nitrogens with zero attached hydrogens (tertiary/aromatic N) is 1. The largest absolute Gasteiger partial charge is 0.341 e. The monoisotopic (exact) mass is 150 g/mol. The SMILES string of the molecule is Cl.NCC(=O)N1CCC1. The van der Waals surface area contributed by atoms with E-state index in [0.717, 1.165) is 19.5 Å². The van der Waals surface area contributed by atoms with E-state index in [2.05, 4.69) is 0 Å². The molecule has 1 heterocycles. The molecule has 0 aromatic heterocycles. The standard InChI is InChI=1S/C5H10N2O.ClH/c6-4-5(8)7-2-1-3-7;/h1-4,6H2;1H. The van der Waals surface area contributed by atoms with Crippen LogP contribution in [0.4, 0.5) is 0 Å². The number of halogens is 1. The van der Waals surface area contributed by atoms with E-state index < -0.39 is 0 Å². The Balaban J connectivity index is 0.000000640. The van der Waals surface area contributed by atoms with Crippen molar-refractivity contribution in [2.75, 3.05) is 19.6 Å². The van der Waals surface area contributed by atoms with Gasteiger partial charge in [0, 0.05) is 13.1 Å². The normalized spacial score (nSPS) is 15.9. The molecule has 54 valence electrons. The summed E-state index contributed by atoms with van der Waals surface area (Å²) in [6, 6.07) is 0. The lowest BCUT2D eigenvalue weighted by Crippen LogP contribution is -2.45. The molecule has 0 bridgehead atoms. The molecule has 0 unspecified atom stereocenters. The van der Waals surface area contributed by atoms with Crippen molar-refractivity contribution >= 4 is 18.3 Å². The average molecular weight is 151 g/mol. The average Bonchev–Trinajstić information content (AvgIpc) is 1.62. The number of hydrogen-bond donors (Lipinski definition) is 1. The van der Waals surface area contributed by atoms with Crippen LogP contribution >= 0.6 is 12.4 Å². The quantitative estimate of drug-likeness (QED) is 0.553. The lowest BCUT2D eigenvalue weighted by Gasteiger charge is -2.30. The lowest BCUT2D eigenvalue weighted by molar-refractivity contribution is -0.132. The lowest BCUT2D eigenvalue weighted by atomic mass is 10.2. The Bertz CT molecular complexity index is 103. The van der Waals surface area contributed by atoms with Crippen molar-refractivity contribution in [1.29, 1.82) is 0 Å². The highest BCUT2D eigenvalue weighted by molar-refractivity contribution is 5.85. The van der Waals surface area contributed by atoms with Crippen molar-refractivity contribution in [3.05, 3.63) is 0 Å². The highest BCUT2D eigenvalue weighted by atomic mass is 35.5. The molecule has 0 aromatic carbocycles. The predicted octanol–water partition coefficient (Wildman–Crippen LogP) is -0.401. The summed E-state index contributed by atoms with van der Waals surface area (Å²) in [6.07, 6.45) is 1.14. The van der Waals surface area contributed by atoms with Crippen LogP contribution in [-0.2, 0) is 4.79 Å². The van der Waals surface area contributed by atoms with E-state index in [0.29, 0.717) is 0 Å². The highest BCUT2D eigenvalue weighted by Crippen LogP contribution is 2.03. The van der Waals surface area contributed by atoms with Crippen molar-refractivity contribution in [2.45, 2.75) is 6.42 Å². The number of rotatable bonds is 1. The van der Waals surface area contributed by atoms with E-state index in [9.17, 15) is 4.79 Å². The van der Waals surface area contributed by atoms with Gasteiger partial charge in [-0.3, -0.25) is 4.79 Å². The Kier molecular flexibility index (Phi) is 3.58. The fourth-order valence-corrected chi connectivity index (χ4v) is 0.695. The van der Waals surface area contributed by atoms with Crippen LogP contribution in [0.25, 0.3) is 0 Å². The van der Waals surface area contributed by atoms with Gasteiger partial charge in [-0.1, -0.05) is 0 Å². The minimum Gasteiger partial charge on any atom is -0.341 e. The van der Waals surface area contributed by atoms with Crippen LogP contribution in [0.3, 0.4) is 0 Å². The summed E-state index contributed by atoms with van der Waals surface area (Å²) in [5.74, 6) is 0.0799. The molecule has 2 N–H and O–H groups in total. The molecule has 0 spiro atoms. The molecule has 4 heteroatoms. The molecule has 1 fully saturated rings. The first-order chi connectivity index (χ1) is 3.84. The van der Waals surface area contributed by atoms with Gasteiger partial charge < -0.3 is 10.6 Å². The van der Waals surface area contributed by atoms with E-state index in [1.807, 2.05) is 0 Å². The highest BCUT2D eigenvalue weighted by Gasteiger charge is 2.17. The molecule has 1 saturated heterocycles. The van der Waals surface area contributed by atoms with E-state index in [1.54, 1.807) is 4.90 Å². The first-order valence-corrected chi connectivity index (χ1v) is 2.82. The van der Waals surface area contributed by atoms with Crippen molar-refractivity contribution in [2.24, 2.45) is 5.73 Å². The number of carbonyl (C=O) groups is 1. The molecule has 0 aliphatic carbocycles. The van der Waals surface area contributed by atoms with Gasteiger partial charge in [0.1, 0.15) is 0 Å². The molecule has 9 heavy (non-hydrogen) atoms. The zero-order chi connectivity index (χ0) is 5.98. The van der Waals surface area contributed by atoms with Gasteiger partial charge in [-0.25, -0.2) is 0 Å². The summed E-state index contributed by atoms with van der Waals surface area (Å²) < 4.78 is 0. The first kappa shape index (κ1) is 8.72. The van der Waals surface area contributed by atoms with Gasteiger partial charge in [0.05, 0.1) is 6.54 Å². The zero-order valence-corrected chi connectivity index (χ0v) is 5.99. The maximum atomic E-state index is 10.6. The molecule has 1 aliphatic heterocycles. The van der Waals surface area contributed by atoms with Crippen LogP contribution in [0.5, 0.6) is 0 Å². The molecule has 1 aliphatic rings. The number of nitrogens with two attached hydrogens (primary N) is 1. The third-order valence-electron chi connectivity index (χ3n) is 1.38. The van der Waals surface area contributed by atoms with Gasteiger partial charge in [-0.2, -0.15) is 0 Å². The molecule has 0 aromatic rings. The fourth-order valence-electron chi connectivity index (χ4n) is 0.695. The molecular weight excluding hydrogens is 140 g/mol. The third kappa shape index (κ3) is 1.84. The Hall–Kier alpha value is -0.280. The van der Waals surface area contributed by atoms with Crippen LogP contribution in [0.2, 0.25) is 0 Å². The van der Waals surface area contributed by atoms with Crippen molar-refractivity contribution < 1.29 is 4.79 Å². The molecule has 1 amide bonds. The molecular formula is C5H11ClN2O. The Morgan fingerprint density at radius 2 is 2.11 bits per heavy atom. The number of hydrogen-bond acceptors (Lipinski definition) is 2. The third-order valence-corrected chi connectivity index (χ3v) is 1.38. The van der Waals surface area contributed by atoms with Gasteiger partial charge in [-0.15, -0.1) is 12.4 Å².